The molecule has 0 fully saturated rings. The van der Waals surface area contributed by atoms with Gasteiger partial charge in [-0.3, -0.25) is 9.36 Å². The second-order valence-electron chi connectivity index (χ2n) is 3.84. The Balaban J connectivity index is 2.64. The monoisotopic (exact) mass is 256 g/mol. The Hall–Kier alpha value is -0.960. The molecule has 1 aromatic carbocycles. The molecule has 0 aliphatic rings. The van der Waals surface area contributed by atoms with Crippen LogP contribution in [0.2, 0.25) is 0 Å². The molecule has 0 heterocycles. The first-order valence-corrected chi connectivity index (χ1v) is 6.99. The van der Waals surface area contributed by atoms with E-state index in [9.17, 15) is 9.36 Å². The van der Waals surface area contributed by atoms with Crippen molar-refractivity contribution in [3.05, 3.63) is 35.4 Å². The summed E-state index contributed by atoms with van der Waals surface area (Å²) >= 11 is 0. The molecule has 17 heavy (non-hydrogen) atoms. The van der Waals surface area contributed by atoms with Gasteiger partial charge in [0.25, 0.3) is 0 Å². The Morgan fingerprint density at radius 2 is 1.94 bits per heavy atom. The summed E-state index contributed by atoms with van der Waals surface area (Å²) in [5, 5.41) is 0. The number of rotatable bonds is 6. The third-order valence-corrected chi connectivity index (χ3v) is 4.26. The van der Waals surface area contributed by atoms with E-state index in [1.54, 1.807) is 0 Å². The molecule has 5 heteroatoms. The lowest BCUT2D eigenvalue weighted by atomic mass is 10.1. The highest BCUT2D eigenvalue weighted by atomic mass is 31.2. The second-order valence-corrected chi connectivity index (χ2v) is 6.11. The van der Waals surface area contributed by atoms with Crippen LogP contribution < -0.4 is 0 Å². The summed E-state index contributed by atoms with van der Waals surface area (Å²) in [6.45, 7) is 1.96. The molecule has 1 aromatic rings. The minimum atomic E-state index is -3.24. The molecule has 0 bridgehead atoms. The van der Waals surface area contributed by atoms with E-state index in [-0.39, 0.29) is 18.4 Å². The number of carbonyl (C=O) groups is 1. The maximum Gasteiger partial charge on any atom is 0.337 e. The van der Waals surface area contributed by atoms with Crippen LogP contribution in [0.1, 0.15) is 11.1 Å². The SMILES string of the molecule is COP(=O)(CC(=O)Cc1cccc(C)c1)OC. The van der Waals surface area contributed by atoms with Crippen molar-refractivity contribution in [2.45, 2.75) is 13.3 Å². The molecular weight excluding hydrogens is 239 g/mol. The van der Waals surface area contributed by atoms with Gasteiger partial charge in [0.2, 0.25) is 0 Å². The first-order valence-electron chi connectivity index (χ1n) is 5.27. The Kier molecular flexibility index (Phi) is 5.06. The molecule has 0 saturated heterocycles. The zero-order valence-corrected chi connectivity index (χ0v) is 11.2. The second kappa shape index (κ2) is 6.10. The lowest BCUT2D eigenvalue weighted by Crippen LogP contribution is -2.10. The minimum absolute atomic E-state index is 0.150. The van der Waals surface area contributed by atoms with Crippen molar-refractivity contribution in [1.29, 1.82) is 0 Å². The van der Waals surface area contributed by atoms with E-state index in [0.29, 0.717) is 0 Å². The summed E-state index contributed by atoms with van der Waals surface area (Å²) in [5.41, 5.74) is 2.01. The Morgan fingerprint density at radius 1 is 1.29 bits per heavy atom. The molecule has 0 saturated carbocycles. The lowest BCUT2D eigenvalue weighted by Gasteiger charge is -2.12. The van der Waals surface area contributed by atoms with Crippen LogP contribution in [0, 0.1) is 6.92 Å². The molecule has 0 aliphatic carbocycles. The lowest BCUT2D eigenvalue weighted by molar-refractivity contribution is -0.116. The van der Waals surface area contributed by atoms with Crippen LogP contribution in [0.5, 0.6) is 0 Å². The van der Waals surface area contributed by atoms with Crippen LogP contribution in [0.3, 0.4) is 0 Å². The predicted molar refractivity (Wildman–Crippen MR) is 66.4 cm³/mol. The van der Waals surface area contributed by atoms with Crippen molar-refractivity contribution in [2.24, 2.45) is 0 Å². The number of hydrogen-bond donors (Lipinski definition) is 0. The van der Waals surface area contributed by atoms with Gasteiger partial charge in [0.15, 0.2) is 0 Å². The largest absolute Gasteiger partial charge is 0.337 e. The number of Topliss-reactive ketones (excluding diaryl/α,β-unsaturated/α-hetero) is 1. The van der Waals surface area contributed by atoms with Gasteiger partial charge in [-0.1, -0.05) is 29.8 Å². The summed E-state index contributed by atoms with van der Waals surface area (Å²) in [4.78, 5) is 11.7. The van der Waals surface area contributed by atoms with Crippen molar-refractivity contribution in [1.82, 2.24) is 0 Å². The van der Waals surface area contributed by atoms with Gasteiger partial charge in [0.1, 0.15) is 11.9 Å². The summed E-state index contributed by atoms with van der Waals surface area (Å²) < 4.78 is 21.2. The Morgan fingerprint density at radius 3 is 2.47 bits per heavy atom. The van der Waals surface area contributed by atoms with Crippen LogP contribution in [-0.4, -0.2) is 26.2 Å². The maximum absolute atomic E-state index is 11.8. The topological polar surface area (TPSA) is 52.6 Å². The van der Waals surface area contributed by atoms with E-state index in [1.807, 2.05) is 31.2 Å². The molecule has 4 nitrogen and oxygen atoms in total. The fourth-order valence-corrected chi connectivity index (χ4v) is 2.48. The maximum atomic E-state index is 11.8. The summed E-state index contributed by atoms with van der Waals surface area (Å²) in [6, 6.07) is 7.66. The van der Waals surface area contributed by atoms with Gasteiger partial charge >= 0.3 is 7.60 Å². The molecular formula is C12H17O4P. The van der Waals surface area contributed by atoms with Crippen molar-refractivity contribution < 1.29 is 18.4 Å². The normalized spacial score (nSPS) is 11.5. The molecule has 0 amide bonds. The standard InChI is InChI=1S/C12H17O4P/c1-10-5-4-6-11(7-10)8-12(13)9-17(14,15-2)16-3/h4-7H,8-9H2,1-3H3. The molecule has 94 valence electrons. The third-order valence-electron chi connectivity index (χ3n) is 2.41. The van der Waals surface area contributed by atoms with Crippen LogP contribution in [-0.2, 0) is 24.8 Å². The average molecular weight is 256 g/mol. The fraction of sp³-hybridized carbons (Fsp3) is 0.417. The molecule has 0 aliphatic heterocycles. The van der Waals surface area contributed by atoms with Gasteiger partial charge in [0, 0.05) is 20.6 Å². The molecule has 1 rings (SSSR count). The van der Waals surface area contributed by atoms with Crippen molar-refractivity contribution >= 4 is 13.4 Å². The van der Waals surface area contributed by atoms with E-state index in [1.165, 1.54) is 14.2 Å². The minimum Gasteiger partial charge on any atom is -0.312 e. The van der Waals surface area contributed by atoms with Crippen LogP contribution in [0.25, 0.3) is 0 Å². The number of aryl methyl sites for hydroxylation is 1. The quantitative estimate of drug-likeness (QED) is 0.734. The highest BCUT2D eigenvalue weighted by molar-refractivity contribution is 7.54. The fourth-order valence-electron chi connectivity index (χ4n) is 1.53. The van der Waals surface area contributed by atoms with Gasteiger partial charge in [-0.05, 0) is 12.5 Å². The van der Waals surface area contributed by atoms with E-state index in [4.69, 9.17) is 9.05 Å². The van der Waals surface area contributed by atoms with Gasteiger partial charge in [-0.25, -0.2) is 0 Å². The molecule has 0 aromatic heterocycles. The zero-order valence-electron chi connectivity index (χ0n) is 10.3. The number of carbonyl (C=O) groups excluding carboxylic acids is 1. The van der Waals surface area contributed by atoms with E-state index in [2.05, 4.69) is 0 Å². The van der Waals surface area contributed by atoms with E-state index >= 15 is 0 Å². The number of ketones is 1. The van der Waals surface area contributed by atoms with Crippen LogP contribution in [0.4, 0.5) is 0 Å². The van der Waals surface area contributed by atoms with Crippen molar-refractivity contribution in [2.75, 3.05) is 20.4 Å². The Bertz CT molecular complexity index is 434. The summed E-state index contributed by atoms with van der Waals surface area (Å²) in [7, 11) is -0.672. The third kappa shape index (κ3) is 4.43. The highest BCUT2D eigenvalue weighted by Gasteiger charge is 2.25. The van der Waals surface area contributed by atoms with E-state index < -0.39 is 7.60 Å². The first-order chi connectivity index (χ1) is 7.99. The number of benzene rings is 1. The highest BCUT2D eigenvalue weighted by Crippen LogP contribution is 2.46. The smallest absolute Gasteiger partial charge is 0.312 e. The first kappa shape index (κ1) is 14.1. The van der Waals surface area contributed by atoms with Crippen LogP contribution >= 0.6 is 7.60 Å². The van der Waals surface area contributed by atoms with Crippen LogP contribution in [0.15, 0.2) is 24.3 Å². The predicted octanol–water partition coefficient (Wildman–Crippen LogP) is 2.59. The van der Waals surface area contributed by atoms with Gasteiger partial charge in [0.05, 0.1) is 0 Å². The van der Waals surface area contributed by atoms with Crippen molar-refractivity contribution in [3.63, 3.8) is 0 Å². The number of hydrogen-bond acceptors (Lipinski definition) is 4. The Labute approximate surface area is 101 Å². The molecule has 0 spiro atoms. The van der Waals surface area contributed by atoms with Gasteiger partial charge < -0.3 is 9.05 Å². The zero-order chi connectivity index (χ0) is 12.9. The molecule has 0 N–H and O–H groups in total. The molecule has 0 unspecified atom stereocenters. The van der Waals surface area contributed by atoms with Gasteiger partial charge in [-0.2, -0.15) is 0 Å². The van der Waals surface area contributed by atoms with Gasteiger partial charge in [-0.15, -0.1) is 0 Å². The summed E-state index contributed by atoms with van der Waals surface area (Å²) in [6.07, 6.45) is 0.0618. The molecule has 0 atom stereocenters. The average Bonchev–Trinajstić information content (AvgIpc) is 2.28. The van der Waals surface area contributed by atoms with E-state index in [0.717, 1.165) is 11.1 Å². The van der Waals surface area contributed by atoms with Crippen molar-refractivity contribution in [3.8, 4) is 0 Å². The molecule has 0 radical (unpaired) electrons. The summed E-state index contributed by atoms with van der Waals surface area (Å²) in [5.74, 6) is -0.150.